The summed E-state index contributed by atoms with van der Waals surface area (Å²) in [4.78, 5) is 24.4. The molecule has 1 aromatic heterocycles. The predicted octanol–water partition coefficient (Wildman–Crippen LogP) is 3.92. The summed E-state index contributed by atoms with van der Waals surface area (Å²) < 4.78 is 6.49. The van der Waals surface area contributed by atoms with Gasteiger partial charge in [0.05, 0.1) is 7.11 Å². The van der Waals surface area contributed by atoms with Crippen molar-refractivity contribution < 1.29 is 14.3 Å². The van der Waals surface area contributed by atoms with Crippen molar-refractivity contribution in [2.75, 3.05) is 12.4 Å². The minimum absolute atomic E-state index is 0.0168. The minimum Gasteiger partial charge on any atom is -0.468 e. The van der Waals surface area contributed by atoms with Gasteiger partial charge >= 0.3 is 5.97 Å². The van der Waals surface area contributed by atoms with Gasteiger partial charge in [0, 0.05) is 28.4 Å². The maximum atomic E-state index is 12.7. The molecule has 0 aliphatic rings. The van der Waals surface area contributed by atoms with Gasteiger partial charge in [0.25, 0.3) is 5.91 Å². The largest absolute Gasteiger partial charge is 0.468 e. The van der Waals surface area contributed by atoms with Gasteiger partial charge in [-0.05, 0) is 30.2 Å². The third-order valence-corrected chi connectivity index (χ3v) is 4.66. The molecule has 1 amide bonds. The molecule has 0 spiro atoms. The molecule has 6 heteroatoms. The standard InChI is InChI=1S/C23H21N3O3/c1-3-16-8-4-6-10-20(16)25-23(28)17(13-24)12-18-14-26(15-22(27)29-2)21-11-7-5-9-19(18)21/h4-12,14H,3,15H2,1-2H3,(H,25,28). The van der Waals surface area contributed by atoms with Crippen molar-refractivity contribution in [3.8, 4) is 6.07 Å². The first-order chi connectivity index (χ1) is 14.1. The Morgan fingerprint density at radius 2 is 1.90 bits per heavy atom. The van der Waals surface area contributed by atoms with Crippen LogP contribution in [0.15, 0.2) is 60.3 Å². The van der Waals surface area contributed by atoms with Crippen LogP contribution in [-0.4, -0.2) is 23.6 Å². The number of hydrogen-bond acceptors (Lipinski definition) is 4. The highest BCUT2D eigenvalue weighted by Crippen LogP contribution is 2.24. The topological polar surface area (TPSA) is 84.1 Å². The fraction of sp³-hybridized carbons (Fsp3) is 0.174. The quantitative estimate of drug-likeness (QED) is 0.395. The molecule has 2 aromatic carbocycles. The van der Waals surface area contributed by atoms with Crippen LogP contribution < -0.4 is 5.32 Å². The Kier molecular flexibility index (Phi) is 6.10. The van der Waals surface area contributed by atoms with E-state index in [1.165, 1.54) is 7.11 Å². The lowest BCUT2D eigenvalue weighted by atomic mass is 10.1. The second kappa shape index (κ2) is 8.89. The normalized spacial score (nSPS) is 11.1. The molecule has 0 bridgehead atoms. The molecule has 0 unspecified atom stereocenters. The van der Waals surface area contributed by atoms with Gasteiger partial charge < -0.3 is 14.6 Å². The van der Waals surface area contributed by atoms with E-state index in [1.54, 1.807) is 16.8 Å². The Labute approximate surface area is 169 Å². The second-order valence-corrected chi connectivity index (χ2v) is 6.44. The molecule has 0 radical (unpaired) electrons. The number of methoxy groups -OCH3 is 1. The zero-order valence-electron chi connectivity index (χ0n) is 16.3. The van der Waals surface area contributed by atoms with E-state index in [9.17, 15) is 14.9 Å². The fourth-order valence-electron chi connectivity index (χ4n) is 3.17. The molecule has 3 rings (SSSR count). The number of nitrogens with one attached hydrogen (secondary N) is 1. The van der Waals surface area contributed by atoms with E-state index in [0.717, 1.165) is 22.9 Å². The van der Waals surface area contributed by atoms with Gasteiger partial charge in [-0.3, -0.25) is 9.59 Å². The lowest BCUT2D eigenvalue weighted by Crippen LogP contribution is -2.14. The number of para-hydroxylation sites is 2. The molecule has 1 N–H and O–H groups in total. The van der Waals surface area contributed by atoms with Crippen LogP contribution in [0.2, 0.25) is 0 Å². The van der Waals surface area contributed by atoms with Gasteiger partial charge in [0.2, 0.25) is 0 Å². The molecular formula is C23H21N3O3. The number of aryl methyl sites for hydroxylation is 1. The maximum absolute atomic E-state index is 12.7. The van der Waals surface area contributed by atoms with E-state index in [1.807, 2.05) is 61.5 Å². The summed E-state index contributed by atoms with van der Waals surface area (Å²) in [5, 5.41) is 13.2. The third-order valence-electron chi connectivity index (χ3n) is 4.66. The summed E-state index contributed by atoms with van der Waals surface area (Å²) in [5.41, 5.74) is 3.16. The molecule has 0 aliphatic carbocycles. The van der Waals surface area contributed by atoms with Crippen molar-refractivity contribution in [1.82, 2.24) is 4.57 Å². The second-order valence-electron chi connectivity index (χ2n) is 6.44. The van der Waals surface area contributed by atoms with Crippen molar-refractivity contribution in [3.63, 3.8) is 0 Å². The summed E-state index contributed by atoms with van der Waals surface area (Å²) in [6, 6.07) is 17.0. The lowest BCUT2D eigenvalue weighted by Gasteiger charge is -2.08. The maximum Gasteiger partial charge on any atom is 0.325 e. The first-order valence-corrected chi connectivity index (χ1v) is 9.23. The monoisotopic (exact) mass is 387 g/mol. The van der Waals surface area contributed by atoms with Gasteiger partial charge in [-0.2, -0.15) is 5.26 Å². The Balaban J connectivity index is 1.97. The van der Waals surface area contributed by atoms with E-state index in [2.05, 4.69) is 5.32 Å². The SMILES string of the molecule is CCc1ccccc1NC(=O)C(C#N)=Cc1cn(CC(=O)OC)c2ccccc12. The number of nitrogens with zero attached hydrogens (tertiary/aromatic N) is 2. The Morgan fingerprint density at radius 1 is 1.17 bits per heavy atom. The summed E-state index contributed by atoms with van der Waals surface area (Å²) in [7, 11) is 1.33. The zero-order valence-corrected chi connectivity index (χ0v) is 16.3. The number of fused-ring (bicyclic) bond motifs is 1. The molecule has 29 heavy (non-hydrogen) atoms. The lowest BCUT2D eigenvalue weighted by molar-refractivity contribution is -0.141. The number of benzene rings is 2. The molecule has 0 atom stereocenters. The predicted molar refractivity (Wildman–Crippen MR) is 112 cm³/mol. The van der Waals surface area contributed by atoms with Crippen LogP contribution in [0.25, 0.3) is 17.0 Å². The third kappa shape index (κ3) is 4.36. The fourth-order valence-corrected chi connectivity index (χ4v) is 3.17. The summed E-state index contributed by atoms with van der Waals surface area (Å²) in [6.45, 7) is 2.05. The van der Waals surface area contributed by atoms with Crippen LogP contribution in [0.4, 0.5) is 5.69 Å². The summed E-state index contributed by atoms with van der Waals surface area (Å²) in [6.07, 6.45) is 4.05. The smallest absolute Gasteiger partial charge is 0.325 e. The van der Waals surface area contributed by atoms with Gasteiger partial charge in [-0.1, -0.05) is 43.3 Å². The average Bonchev–Trinajstić information content (AvgIpc) is 3.09. The Bertz CT molecular complexity index is 1140. The van der Waals surface area contributed by atoms with Gasteiger partial charge in [0.15, 0.2) is 0 Å². The number of hydrogen-bond donors (Lipinski definition) is 1. The van der Waals surface area contributed by atoms with Crippen molar-refractivity contribution >= 4 is 34.5 Å². The highest BCUT2D eigenvalue weighted by molar-refractivity contribution is 6.11. The van der Waals surface area contributed by atoms with Gasteiger partial charge in [0.1, 0.15) is 18.2 Å². The van der Waals surface area contributed by atoms with Crippen LogP contribution in [0, 0.1) is 11.3 Å². The first-order valence-electron chi connectivity index (χ1n) is 9.23. The number of rotatable bonds is 6. The highest BCUT2D eigenvalue weighted by Gasteiger charge is 2.15. The van der Waals surface area contributed by atoms with Crippen LogP contribution in [-0.2, 0) is 27.3 Å². The molecular weight excluding hydrogens is 366 g/mol. The number of ether oxygens (including phenoxy) is 1. The van der Waals surface area contributed by atoms with Crippen molar-refractivity contribution in [3.05, 3.63) is 71.4 Å². The zero-order chi connectivity index (χ0) is 20.8. The Hall–Kier alpha value is -3.85. The molecule has 0 fully saturated rings. The molecule has 0 saturated heterocycles. The van der Waals surface area contributed by atoms with E-state index in [-0.39, 0.29) is 18.1 Å². The molecule has 6 nitrogen and oxygen atoms in total. The van der Waals surface area contributed by atoms with E-state index in [0.29, 0.717) is 11.3 Å². The van der Waals surface area contributed by atoms with Crippen LogP contribution in [0.5, 0.6) is 0 Å². The summed E-state index contributed by atoms with van der Waals surface area (Å²) >= 11 is 0. The van der Waals surface area contributed by atoms with Gasteiger partial charge in [-0.15, -0.1) is 0 Å². The molecule has 0 aliphatic heterocycles. The average molecular weight is 387 g/mol. The van der Waals surface area contributed by atoms with Crippen LogP contribution >= 0.6 is 0 Å². The van der Waals surface area contributed by atoms with Gasteiger partial charge in [-0.25, -0.2) is 0 Å². The van der Waals surface area contributed by atoms with E-state index >= 15 is 0 Å². The number of amides is 1. The molecule has 146 valence electrons. The number of carbonyl (C=O) groups is 2. The van der Waals surface area contributed by atoms with Crippen molar-refractivity contribution in [2.24, 2.45) is 0 Å². The van der Waals surface area contributed by atoms with Crippen molar-refractivity contribution in [2.45, 2.75) is 19.9 Å². The molecule has 0 saturated carbocycles. The van der Waals surface area contributed by atoms with E-state index < -0.39 is 5.91 Å². The number of aromatic nitrogens is 1. The van der Waals surface area contributed by atoms with Crippen LogP contribution in [0.3, 0.4) is 0 Å². The number of esters is 1. The van der Waals surface area contributed by atoms with Crippen molar-refractivity contribution in [1.29, 1.82) is 5.26 Å². The number of anilines is 1. The van der Waals surface area contributed by atoms with E-state index in [4.69, 9.17) is 4.74 Å². The van der Waals surface area contributed by atoms with Crippen LogP contribution in [0.1, 0.15) is 18.1 Å². The number of nitriles is 1. The first kappa shape index (κ1) is 19.9. The summed E-state index contributed by atoms with van der Waals surface area (Å²) in [5.74, 6) is -0.853. The Morgan fingerprint density at radius 3 is 2.62 bits per heavy atom. The minimum atomic E-state index is -0.474. The number of carbonyl (C=O) groups excluding carboxylic acids is 2. The molecule has 1 heterocycles. The molecule has 3 aromatic rings. The highest BCUT2D eigenvalue weighted by atomic mass is 16.5.